The van der Waals surface area contributed by atoms with Crippen LogP contribution in [0, 0.1) is 11.8 Å². The summed E-state index contributed by atoms with van der Waals surface area (Å²) >= 11 is 0. The molecule has 0 aromatic carbocycles. The monoisotopic (exact) mass is 239 g/mol. The number of nitrogens with zero attached hydrogens (tertiary/aromatic N) is 2. The average molecular weight is 239 g/mol. The number of ether oxygens (including phenoxy) is 1. The molecule has 2 unspecified atom stereocenters. The topological polar surface area (TPSA) is 50.9 Å². The van der Waals surface area contributed by atoms with Crippen LogP contribution in [0.25, 0.3) is 0 Å². The molecular weight excluding hydrogens is 214 g/mol. The highest BCUT2D eigenvalue weighted by Crippen LogP contribution is 2.41. The molecule has 1 fully saturated rings. The van der Waals surface area contributed by atoms with Crippen LogP contribution >= 0.6 is 0 Å². The van der Waals surface area contributed by atoms with E-state index in [2.05, 4.69) is 23.7 Å². The van der Waals surface area contributed by atoms with Gasteiger partial charge in [0.1, 0.15) is 0 Å². The number of methoxy groups -OCH3 is 1. The van der Waals surface area contributed by atoms with Crippen molar-refractivity contribution in [2.45, 2.75) is 38.6 Å². The van der Waals surface area contributed by atoms with Crippen molar-refractivity contribution in [1.29, 1.82) is 0 Å². The van der Waals surface area contributed by atoms with E-state index in [4.69, 9.17) is 10.5 Å². The Kier molecular flexibility index (Phi) is 3.61. The zero-order valence-corrected chi connectivity index (χ0v) is 11.3. The minimum Gasteiger partial charge on any atom is -0.383 e. The van der Waals surface area contributed by atoms with Crippen LogP contribution in [0.2, 0.25) is 0 Å². The molecule has 2 N–H and O–H groups in total. The third-order valence-corrected chi connectivity index (χ3v) is 4.17. The van der Waals surface area contributed by atoms with Gasteiger partial charge in [-0.15, -0.1) is 0 Å². The van der Waals surface area contributed by atoms with Gasteiger partial charge >= 0.3 is 0 Å². The molecule has 0 radical (unpaired) electrons. The molecule has 0 saturated heterocycles. The van der Waals surface area contributed by atoms with Crippen LogP contribution < -0.4 is 5.73 Å². The number of hydrogen-bond donors (Lipinski definition) is 1. The fourth-order valence-corrected chi connectivity index (χ4v) is 3.76. The van der Waals surface area contributed by atoms with Gasteiger partial charge in [-0.1, -0.05) is 13.8 Å². The molecular formula is C13H25N3O. The second-order valence-corrected chi connectivity index (χ2v) is 5.90. The third-order valence-electron chi connectivity index (χ3n) is 4.17. The van der Waals surface area contributed by atoms with Crippen LogP contribution in [-0.4, -0.2) is 43.2 Å². The van der Waals surface area contributed by atoms with Crippen molar-refractivity contribution >= 4 is 5.96 Å². The summed E-state index contributed by atoms with van der Waals surface area (Å²) in [6.45, 7) is 7.16. The van der Waals surface area contributed by atoms with Gasteiger partial charge in [0.25, 0.3) is 0 Å². The number of hydrogen-bond acceptors (Lipinski definition) is 4. The molecule has 0 aromatic heterocycles. The summed E-state index contributed by atoms with van der Waals surface area (Å²) in [5.41, 5.74) is 6.22. The Hall–Kier alpha value is -0.770. The molecule has 98 valence electrons. The molecule has 0 bridgehead atoms. The Bertz CT molecular complexity index is 293. The molecule has 4 nitrogen and oxygen atoms in total. The minimum atomic E-state index is 0.180. The zero-order chi connectivity index (χ0) is 12.5. The van der Waals surface area contributed by atoms with Gasteiger partial charge in [0, 0.05) is 13.7 Å². The molecule has 0 amide bonds. The smallest absolute Gasteiger partial charge is 0.191 e. The van der Waals surface area contributed by atoms with Gasteiger partial charge in [-0.25, -0.2) is 0 Å². The van der Waals surface area contributed by atoms with E-state index in [0.717, 1.165) is 31.5 Å². The Labute approximate surface area is 104 Å². The van der Waals surface area contributed by atoms with Gasteiger partial charge in [-0.2, -0.15) is 0 Å². The Morgan fingerprint density at radius 2 is 2.06 bits per heavy atom. The number of rotatable bonds is 3. The molecule has 17 heavy (non-hydrogen) atoms. The van der Waals surface area contributed by atoms with Gasteiger partial charge in [0.05, 0.1) is 18.7 Å². The predicted octanol–water partition coefficient (Wildman–Crippen LogP) is 1.46. The Morgan fingerprint density at radius 3 is 2.65 bits per heavy atom. The molecule has 1 aliphatic carbocycles. The first-order valence-corrected chi connectivity index (χ1v) is 6.64. The van der Waals surface area contributed by atoms with Crippen molar-refractivity contribution in [2.75, 3.05) is 26.8 Å². The van der Waals surface area contributed by atoms with Crippen molar-refractivity contribution in [2.24, 2.45) is 22.6 Å². The SMILES string of the molecule is COCCN1C(N)=NCC12CC(C)CC(C)C2. The lowest BCUT2D eigenvalue weighted by atomic mass is 9.71. The van der Waals surface area contributed by atoms with Crippen LogP contribution in [0.15, 0.2) is 4.99 Å². The van der Waals surface area contributed by atoms with Gasteiger partial charge in [0.15, 0.2) is 5.96 Å². The maximum absolute atomic E-state index is 6.04. The van der Waals surface area contributed by atoms with Crippen LogP contribution in [0.1, 0.15) is 33.1 Å². The number of nitrogens with two attached hydrogens (primary N) is 1. The van der Waals surface area contributed by atoms with Crippen LogP contribution in [-0.2, 0) is 4.74 Å². The number of aliphatic imine (C=N–C) groups is 1. The van der Waals surface area contributed by atoms with Gasteiger partial charge in [-0.05, 0) is 31.1 Å². The molecule has 4 heteroatoms. The van der Waals surface area contributed by atoms with Gasteiger partial charge < -0.3 is 15.4 Å². The van der Waals surface area contributed by atoms with E-state index in [1.807, 2.05) is 0 Å². The number of guanidine groups is 1. The van der Waals surface area contributed by atoms with Gasteiger partial charge in [-0.3, -0.25) is 4.99 Å². The highest BCUT2D eigenvalue weighted by atomic mass is 16.5. The van der Waals surface area contributed by atoms with Crippen molar-refractivity contribution < 1.29 is 4.74 Å². The Balaban J connectivity index is 2.12. The van der Waals surface area contributed by atoms with Crippen molar-refractivity contribution in [1.82, 2.24) is 4.90 Å². The molecule has 1 aliphatic heterocycles. The summed E-state index contributed by atoms with van der Waals surface area (Å²) in [4.78, 5) is 6.78. The fraction of sp³-hybridized carbons (Fsp3) is 0.923. The summed E-state index contributed by atoms with van der Waals surface area (Å²) in [6.07, 6.45) is 3.76. The normalized spacial score (nSPS) is 37.6. The maximum Gasteiger partial charge on any atom is 0.191 e. The molecule has 2 atom stereocenters. The Morgan fingerprint density at radius 1 is 1.41 bits per heavy atom. The quantitative estimate of drug-likeness (QED) is 0.811. The summed E-state index contributed by atoms with van der Waals surface area (Å²) in [5, 5.41) is 0. The lowest BCUT2D eigenvalue weighted by Crippen LogP contribution is -2.56. The third kappa shape index (κ3) is 2.41. The zero-order valence-electron chi connectivity index (χ0n) is 11.3. The maximum atomic E-state index is 6.04. The van der Waals surface area contributed by atoms with Crippen LogP contribution in [0.3, 0.4) is 0 Å². The largest absolute Gasteiger partial charge is 0.383 e. The summed E-state index contributed by atoms with van der Waals surface area (Å²) in [7, 11) is 1.74. The van der Waals surface area contributed by atoms with E-state index in [1.165, 1.54) is 19.3 Å². The van der Waals surface area contributed by atoms with E-state index in [-0.39, 0.29) is 5.54 Å². The lowest BCUT2D eigenvalue weighted by Gasteiger charge is -2.46. The summed E-state index contributed by atoms with van der Waals surface area (Å²) in [6, 6.07) is 0. The van der Waals surface area contributed by atoms with Gasteiger partial charge in [0.2, 0.25) is 0 Å². The fourth-order valence-electron chi connectivity index (χ4n) is 3.76. The molecule has 1 heterocycles. The predicted molar refractivity (Wildman–Crippen MR) is 70.0 cm³/mol. The van der Waals surface area contributed by atoms with E-state index in [1.54, 1.807) is 7.11 Å². The standard InChI is InChI=1S/C13H25N3O/c1-10-6-11(2)8-13(7-10)9-15-12(14)16(13)4-5-17-3/h10-11H,4-9H2,1-3H3,(H2,14,15). The average Bonchev–Trinajstić information content (AvgIpc) is 2.52. The van der Waals surface area contributed by atoms with E-state index < -0.39 is 0 Å². The van der Waals surface area contributed by atoms with Crippen molar-refractivity contribution in [3.05, 3.63) is 0 Å². The second kappa shape index (κ2) is 4.84. The van der Waals surface area contributed by atoms with Crippen LogP contribution in [0.4, 0.5) is 0 Å². The highest BCUT2D eigenvalue weighted by Gasteiger charge is 2.46. The highest BCUT2D eigenvalue weighted by molar-refractivity contribution is 5.81. The summed E-state index contributed by atoms with van der Waals surface area (Å²) in [5.74, 6) is 2.25. The minimum absolute atomic E-state index is 0.180. The van der Waals surface area contributed by atoms with Crippen LogP contribution in [0.5, 0.6) is 0 Å². The van der Waals surface area contributed by atoms with E-state index >= 15 is 0 Å². The lowest BCUT2D eigenvalue weighted by molar-refractivity contribution is 0.0636. The molecule has 2 aliphatic rings. The van der Waals surface area contributed by atoms with Crippen molar-refractivity contribution in [3.8, 4) is 0 Å². The van der Waals surface area contributed by atoms with E-state index in [0.29, 0.717) is 5.96 Å². The molecule has 2 rings (SSSR count). The first-order valence-electron chi connectivity index (χ1n) is 6.64. The second-order valence-electron chi connectivity index (χ2n) is 5.90. The van der Waals surface area contributed by atoms with Crippen molar-refractivity contribution in [3.63, 3.8) is 0 Å². The molecule has 0 aromatic rings. The first-order chi connectivity index (χ1) is 8.07. The van der Waals surface area contributed by atoms with E-state index in [9.17, 15) is 0 Å². The first kappa shape index (κ1) is 12.7. The molecule has 1 saturated carbocycles. The molecule has 1 spiro atoms. The summed E-state index contributed by atoms with van der Waals surface area (Å²) < 4.78 is 5.19.